The van der Waals surface area contributed by atoms with Gasteiger partial charge in [-0.25, -0.2) is 4.79 Å². The number of hydrogen-bond donors (Lipinski definition) is 1. The average molecular weight is 432 g/mol. The fraction of sp³-hybridized carbons (Fsp3) is 0.455. The zero-order valence-electron chi connectivity index (χ0n) is 18.0. The molecule has 0 bridgehead atoms. The summed E-state index contributed by atoms with van der Waals surface area (Å²) in [5, 5.41) is 3.50. The molecule has 1 amide bonds. The number of ether oxygens (including phenoxy) is 2. The predicted molar refractivity (Wildman–Crippen MR) is 120 cm³/mol. The lowest BCUT2D eigenvalue weighted by molar-refractivity contribution is -0.117. The number of piperazine rings is 1. The van der Waals surface area contributed by atoms with E-state index in [2.05, 4.69) is 27.2 Å². The van der Waals surface area contributed by atoms with Crippen molar-refractivity contribution in [1.29, 1.82) is 0 Å². The Morgan fingerprint density at radius 2 is 1.77 bits per heavy atom. The molecule has 0 spiro atoms. The highest BCUT2D eigenvalue weighted by Crippen LogP contribution is 2.33. The third kappa shape index (κ3) is 5.12. The molecule has 0 saturated carbocycles. The average Bonchev–Trinajstić information content (AvgIpc) is 3.01. The third-order valence-electron chi connectivity index (χ3n) is 5.29. The van der Waals surface area contributed by atoms with E-state index < -0.39 is 0 Å². The van der Waals surface area contributed by atoms with E-state index in [1.807, 2.05) is 26.0 Å². The highest BCUT2D eigenvalue weighted by Gasteiger charge is 2.24. The van der Waals surface area contributed by atoms with Gasteiger partial charge in [0.1, 0.15) is 10.8 Å². The van der Waals surface area contributed by atoms with Crippen molar-refractivity contribution in [2.75, 3.05) is 56.7 Å². The predicted octanol–water partition coefficient (Wildman–Crippen LogP) is 3.31. The lowest BCUT2D eigenvalue weighted by Gasteiger charge is -2.35. The molecule has 7 nitrogen and oxygen atoms in total. The Bertz CT molecular complexity index is 887. The monoisotopic (exact) mass is 431 g/mol. The molecule has 2 aromatic rings. The van der Waals surface area contributed by atoms with E-state index in [1.54, 1.807) is 14.0 Å². The third-order valence-corrected chi connectivity index (χ3v) is 6.42. The van der Waals surface area contributed by atoms with Crippen LogP contribution >= 0.6 is 11.3 Å². The fourth-order valence-electron chi connectivity index (χ4n) is 3.49. The summed E-state index contributed by atoms with van der Waals surface area (Å²) in [6.45, 7) is 9.50. The van der Waals surface area contributed by atoms with Crippen LogP contribution in [0.15, 0.2) is 24.3 Å². The zero-order valence-corrected chi connectivity index (χ0v) is 18.8. The van der Waals surface area contributed by atoms with Gasteiger partial charge in [-0.1, -0.05) is 0 Å². The smallest absolute Gasteiger partial charge is 0.341 e. The van der Waals surface area contributed by atoms with Crippen LogP contribution in [0.3, 0.4) is 0 Å². The maximum absolute atomic E-state index is 12.6. The summed E-state index contributed by atoms with van der Waals surface area (Å²) in [6, 6.07) is 8.03. The van der Waals surface area contributed by atoms with E-state index in [9.17, 15) is 9.59 Å². The van der Waals surface area contributed by atoms with Crippen molar-refractivity contribution >= 4 is 33.9 Å². The van der Waals surface area contributed by atoms with Gasteiger partial charge in [-0.05, 0) is 50.6 Å². The molecule has 0 unspecified atom stereocenters. The minimum atomic E-state index is -0.386. The number of carbonyl (C=O) groups excluding carboxylic acids is 2. The maximum Gasteiger partial charge on any atom is 0.341 e. The van der Waals surface area contributed by atoms with Gasteiger partial charge in [0.25, 0.3) is 0 Å². The summed E-state index contributed by atoms with van der Waals surface area (Å²) in [5.74, 6) is 0.345. The number of carbonyl (C=O) groups is 2. The fourth-order valence-corrected chi connectivity index (χ4v) is 4.56. The van der Waals surface area contributed by atoms with Gasteiger partial charge < -0.3 is 19.7 Å². The molecule has 0 aliphatic carbocycles. The molecule has 0 atom stereocenters. The van der Waals surface area contributed by atoms with Gasteiger partial charge >= 0.3 is 5.97 Å². The first-order valence-corrected chi connectivity index (χ1v) is 10.9. The van der Waals surface area contributed by atoms with Crippen molar-refractivity contribution in [3.63, 3.8) is 0 Å². The van der Waals surface area contributed by atoms with Crippen LogP contribution < -0.4 is 15.0 Å². The summed E-state index contributed by atoms with van der Waals surface area (Å²) < 4.78 is 10.4. The molecule has 2 heterocycles. The van der Waals surface area contributed by atoms with Crippen molar-refractivity contribution in [3.8, 4) is 5.75 Å². The molecule has 0 radical (unpaired) electrons. The van der Waals surface area contributed by atoms with Gasteiger partial charge in [-0.15, -0.1) is 11.3 Å². The number of benzene rings is 1. The van der Waals surface area contributed by atoms with Crippen LogP contribution in [0.25, 0.3) is 0 Å². The Morgan fingerprint density at radius 1 is 1.10 bits per heavy atom. The number of hydrogen-bond acceptors (Lipinski definition) is 7. The number of esters is 1. The molecule has 1 aliphatic rings. The second-order valence-electron chi connectivity index (χ2n) is 7.22. The first-order chi connectivity index (χ1) is 14.4. The van der Waals surface area contributed by atoms with Gasteiger partial charge in [0.05, 0.1) is 25.8 Å². The molecule has 1 saturated heterocycles. The van der Waals surface area contributed by atoms with Crippen LogP contribution in [-0.4, -0.2) is 63.2 Å². The number of nitrogens with one attached hydrogen (secondary N) is 1. The number of anilines is 2. The Morgan fingerprint density at radius 3 is 2.37 bits per heavy atom. The van der Waals surface area contributed by atoms with E-state index in [1.165, 1.54) is 11.3 Å². The summed E-state index contributed by atoms with van der Waals surface area (Å²) in [5.41, 5.74) is 2.49. The van der Waals surface area contributed by atoms with Crippen molar-refractivity contribution in [1.82, 2.24) is 4.90 Å². The van der Waals surface area contributed by atoms with Gasteiger partial charge in [0, 0.05) is 36.7 Å². The van der Waals surface area contributed by atoms with Gasteiger partial charge in [0.15, 0.2) is 0 Å². The highest BCUT2D eigenvalue weighted by molar-refractivity contribution is 7.16. The van der Waals surface area contributed by atoms with E-state index in [4.69, 9.17) is 9.47 Å². The lowest BCUT2D eigenvalue weighted by atomic mass is 10.1. The standard InChI is InChI=1S/C22H29N3O4S/c1-5-29-22(27)20-15(2)16(3)30-21(20)23-19(26)14-24-10-12-25(13-11-24)17-6-8-18(28-4)9-7-17/h6-9H,5,10-14H2,1-4H3,(H,23,26). The molecule has 3 rings (SSSR count). The molecular weight excluding hydrogens is 402 g/mol. The van der Waals surface area contributed by atoms with Crippen LogP contribution in [0, 0.1) is 13.8 Å². The van der Waals surface area contributed by atoms with Gasteiger partial charge in [-0.2, -0.15) is 0 Å². The Balaban J connectivity index is 1.55. The van der Waals surface area contributed by atoms with E-state index in [0.717, 1.165) is 48.1 Å². The number of amides is 1. The molecule has 1 N–H and O–H groups in total. The van der Waals surface area contributed by atoms with Crippen LogP contribution in [0.2, 0.25) is 0 Å². The molecule has 1 aliphatic heterocycles. The number of methoxy groups -OCH3 is 1. The SMILES string of the molecule is CCOC(=O)c1c(NC(=O)CN2CCN(c3ccc(OC)cc3)CC2)sc(C)c1C. The number of thiophene rings is 1. The normalized spacial score (nSPS) is 14.5. The topological polar surface area (TPSA) is 71.1 Å². The number of aryl methyl sites for hydroxylation is 1. The van der Waals surface area contributed by atoms with Crippen LogP contribution in [0.4, 0.5) is 10.7 Å². The molecule has 1 aromatic carbocycles. The van der Waals surface area contributed by atoms with Crippen molar-refractivity contribution in [2.24, 2.45) is 0 Å². The second kappa shape index (κ2) is 9.95. The van der Waals surface area contributed by atoms with E-state index in [0.29, 0.717) is 23.7 Å². The molecule has 162 valence electrons. The Labute approximate surface area is 181 Å². The van der Waals surface area contributed by atoms with Crippen LogP contribution in [-0.2, 0) is 9.53 Å². The van der Waals surface area contributed by atoms with Crippen molar-refractivity contribution < 1.29 is 19.1 Å². The highest BCUT2D eigenvalue weighted by atomic mass is 32.1. The first kappa shape index (κ1) is 22.1. The summed E-state index contributed by atoms with van der Waals surface area (Å²) >= 11 is 1.42. The largest absolute Gasteiger partial charge is 0.497 e. The van der Waals surface area contributed by atoms with Crippen LogP contribution in [0.1, 0.15) is 27.7 Å². The van der Waals surface area contributed by atoms with Crippen molar-refractivity contribution in [3.05, 3.63) is 40.3 Å². The zero-order chi connectivity index (χ0) is 21.7. The minimum absolute atomic E-state index is 0.111. The maximum atomic E-state index is 12.6. The molecular formula is C22H29N3O4S. The second-order valence-corrected chi connectivity index (χ2v) is 8.44. The molecule has 8 heteroatoms. The van der Waals surface area contributed by atoms with E-state index in [-0.39, 0.29) is 11.9 Å². The Kier molecular flexibility index (Phi) is 7.33. The van der Waals surface area contributed by atoms with Crippen molar-refractivity contribution in [2.45, 2.75) is 20.8 Å². The summed E-state index contributed by atoms with van der Waals surface area (Å²) in [4.78, 5) is 30.4. The summed E-state index contributed by atoms with van der Waals surface area (Å²) in [6.07, 6.45) is 0. The Hall–Kier alpha value is -2.58. The number of nitrogens with zero attached hydrogens (tertiary/aromatic N) is 2. The van der Waals surface area contributed by atoms with E-state index >= 15 is 0 Å². The summed E-state index contributed by atoms with van der Waals surface area (Å²) in [7, 11) is 1.66. The first-order valence-electron chi connectivity index (χ1n) is 10.1. The number of rotatable bonds is 7. The lowest BCUT2D eigenvalue weighted by Crippen LogP contribution is -2.48. The van der Waals surface area contributed by atoms with Crippen LogP contribution in [0.5, 0.6) is 5.75 Å². The van der Waals surface area contributed by atoms with Gasteiger partial charge in [0.2, 0.25) is 5.91 Å². The molecule has 1 fully saturated rings. The van der Waals surface area contributed by atoms with Gasteiger partial charge in [-0.3, -0.25) is 9.69 Å². The minimum Gasteiger partial charge on any atom is -0.497 e. The quantitative estimate of drug-likeness (QED) is 0.679. The molecule has 1 aromatic heterocycles. The molecule has 30 heavy (non-hydrogen) atoms.